The van der Waals surface area contributed by atoms with Gasteiger partial charge in [0.2, 0.25) is 0 Å². The topological polar surface area (TPSA) is 32.3 Å². The van der Waals surface area contributed by atoms with Crippen molar-refractivity contribution in [2.45, 2.75) is 39.2 Å². The third kappa shape index (κ3) is 4.49. The van der Waals surface area contributed by atoms with Crippen LogP contribution in [0, 0.1) is 13.8 Å². The maximum atomic E-state index is 12.6. The number of nitrogens with zero attached hydrogens (tertiary/aromatic N) is 1. The molecule has 25 heavy (non-hydrogen) atoms. The van der Waals surface area contributed by atoms with Crippen LogP contribution in [0.25, 0.3) is 0 Å². The number of likely N-dealkylation sites (tertiary alicyclic amines) is 1. The molecule has 0 saturated carbocycles. The van der Waals surface area contributed by atoms with Crippen LogP contribution >= 0.6 is 0 Å². The lowest BCUT2D eigenvalue weighted by Gasteiger charge is -2.35. The molecule has 0 radical (unpaired) electrons. The summed E-state index contributed by atoms with van der Waals surface area (Å²) < 4.78 is 0. The van der Waals surface area contributed by atoms with Gasteiger partial charge in [-0.15, -0.1) is 0 Å². The van der Waals surface area contributed by atoms with Crippen molar-refractivity contribution in [3.05, 3.63) is 70.8 Å². The van der Waals surface area contributed by atoms with Crippen molar-refractivity contribution in [2.75, 3.05) is 19.6 Å². The fourth-order valence-electron chi connectivity index (χ4n) is 3.59. The summed E-state index contributed by atoms with van der Waals surface area (Å²) in [6, 6.07) is 16.7. The molecule has 0 bridgehead atoms. The number of amides is 1. The second-order valence-corrected chi connectivity index (χ2v) is 7.05. The largest absolute Gasteiger partial charge is 0.350 e. The Morgan fingerprint density at radius 3 is 2.36 bits per heavy atom. The Balaban J connectivity index is 1.74. The summed E-state index contributed by atoms with van der Waals surface area (Å²) >= 11 is 0. The molecule has 3 nitrogen and oxygen atoms in total. The highest BCUT2D eigenvalue weighted by Gasteiger charge is 2.23. The summed E-state index contributed by atoms with van der Waals surface area (Å²) in [7, 11) is 0. The molecule has 1 saturated heterocycles. The number of hydrogen-bond donors (Lipinski definition) is 1. The van der Waals surface area contributed by atoms with Crippen LogP contribution in [0.2, 0.25) is 0 Å². The summed E-state index contributed by atoms with van der Waals surface area (Å²) in [4.78, 5) is 15.1. The zero-order chi connectivity index (χ0) is 17.6. The van der Waals surface area contributed by atoms with Crippen LogP contribution in [0.15, 0.2) is 48.5 Å². The Hall–Kier alpha value is -2.13. The van der Waals surface area contributed by atoms with Crippen molar-refractivity contribution >= 4 is 5.91 Å². The molecule has 0 aromatic heterocycles. The van der Waals surface area contributed by atoms with E-state index in [-0.39, 0.29) is 11.9 Å². The first-order valence-corrected chi connectivity index (χ1v) is 9.29. The van der Waals surface area contributed by atoms with Gasteiger partial charge in [-0.1, -0.05) is 54.4 Å². The van der Waals surface area contributed by atoms with E-state index in [0.717, 1.165) is 24.2 Å². The third-order valence-electron chi connectivity index (χ3n) is 5.14. The van der Waals surface area contributed by atoms with Crippen LogP contribution in [0.1, 0.15) is 52.4 Å². The van der Waals surface area contributed by atoms with Crippen molar-refractivity contribution in [1.82, 2.24) is 10.2 Å². The maximum absolute atomic E-state index is 12.6. The fraction of sp³-hybridized carbons (Fsp3) is 0.409. The number of nitrogens with one attached hydrogen (secondary N) is 1. The quantitative estimate of drug-likeness (QED) is 0.885. The van der Waals surface area contributed by atoms with Gasteiger partial charge in [0.05, 0.1) is 6.04 Å². The van der Waals surface area contributed by atoms with Crippen molar-refractivity contribution in [3.63, 3.8) is 0 Å². The molecule has 1 heterocycles. The highest BCUT2D eigenvalue weighted by Crippen LogP contribution is 2.24. The lowest BCUT2D eigenvalue weighted by atomic mass is 10.00. The molecular weight excluding hydrogens is 308 g/mol. The third-order valence-corrected chi connectivity index (χ3v) is 5.14. The van der Waals surface area contributed by atoms with E-state index in [1.54, 1.807) is 0 Å². The molecule has 1 unspecified atom stereocenters. The van der Waals surface area contributed by atoms with E-state index in [0.29, 0.717) is 6.54 Å². The standard InChI is InChI=1S/C22H28N2O/c1-17-10-12-19(13-11-17)21(24-14-6-3-7-15-24)16-23-22(25)20-9-5-4-8-18(20)2/h4-5,8-13,21H,3,6-7,14-16H2,1-2H3,(H,23,25). The first kappa shape index (κ1) is 17.7. The number of rotatable bonds is 5. The summed E-state index contributed by atoms with van der Waals surface area (Å²) in [5, 5.41) is 3.17. The molecule has 1 atom stereocenters. The van der Waals surface area contributed by atoms with Gasteiger partial charge in [0.15, 0.2) is 0 Å². The SMILES string of the molecule is Cc1ccc(C(CNC(=O)c2ccccc2C)N2CCCCC2)cc1. The monoisotopic (exact) mass is 336 g/mol. The number of piperidine rings is 1. The molecule has 2 aromatic carbocycles. The smallest absolute Gasteiger partial charge is 0.251 e. The Morgan fingerprint density at radius 1 is 1.00 bits per heavy atom. The highest BCUT2D eigenvalue weighted by molar-refractivity contribution is 5.95. The van der Waals surface area contributed by atoms with E-state index in [1.807, 2.05) is 31.2 Å². The van der Waals surface area contributed by atoms with Crippen LogP contribution < -0.4 is 5.32 Å². The molecule has 1 N–H and O–H groups in total. The first-order valence-electron chi connectivity index (χ1n) is 9.29. The summed E-state index contributed by atoms with van der Waals surface area (Å²) in [5.41, 5.74) is 4.34. The Bertz CT molecular complexity index is 702. The minimum atomic E-state index is 0.0206. The normalized spacial score (nSPS) is 16.4. The number of carbonyl (C=O) groups is 1. The van der Waals surface area contributed by atoms with Gasteiger partial charge in [-0.2, -0.15) is 0 Å². The van der Waals surface area contributed by atoms with Crippen molar-refractivity contribution < 1.29 is 4.79 Å². The maximum Gasteiger partial charge on any atom is 0.251 e. The molecular formula is C22H28N2O. The Morgan fingerprint density at radius 2 is 1.68 bits per heavy atom. The van der Waals surface area contributed by atoms with Gasteiger partial charge in [0.25, 0.3) is 5.91 Å². The molecule has 0 aliphatic carbocycles. The summed E-state index contributed by atoms with van der Waals surface area (Å²) in [5.74, 6) is 0.0206. The van der Waals surface area contributed by atoms with E-state index in [4.69, 9.17) is 0 Å². The first-order chi connectivity index (χ1) is 12.1. The molecule has 2 aromatic rings. The highest BCUT2D eigenvalue weighted by atomic mass is 16.1. The molecule has 132 valence electrons. The predicted molar refractivity (Wildman–Crippen MR) is 103 cm³/mol. The minimum absolute atomic E-state index is 0.0206. The molecule has 1 aliphatic rings. The molecule has 1 amide bonds. The van der Waals surface area contributed by atoms with Gasteiger partial charge >= 0.3 is 0 Å². The Labute approximate surface area is 151 Å². The van der Waals surface area contributed by atoms with Gasteiger partial charge in [-0.05, 0) is 57.0 Å². The summed E-state index contributed by atoms with van der Waals surface area (Å²) in [6.45, 7) is 6.96. The van der Waals surface area contributed by atoms with E-state index < -0.39 is 0 Å². The molecule has 3 heteroatoms. The molecule has 1 aliphatic heterocycles. The fourth-order valence-corrected chi connectivity index (χ4v) is 3.59. The lowest BCUT2D eigenvalue weighted by Crippen LogP contribution is -2.40. The van der Waals surface area contributed by atoms with E-state index in [2.05, 4.69) is 41.4 Å². The average molecular weight is 336 g/mol. The van der Waals surface area contributed by atoms with Crippen molar-refractivity contribution in [3.8, 4) is 0 Å². The van der Waals surface area contributed by atoms with Crippen LogP contribution in [0.3, 0.4) is 0 Å². The predicted octanol–water partition coefficient (Wildman–Crippen LogP) is 4.26. The number of hydrogen-bond acceptors (Lipinski definition) is 2. The number of carbonyl (C=O) groups excluding carboxylic acids is 1. The van der Waals surface area contributed by atoms with Crippen LogP contribution in [-0.4, -0.2) is 30.4 Å². The second kappa shape index (κ2) is 8.30. The average Bonchev–Trinajstić information content (AvgIpc) is 2.64. The molecule has 1 fully saturated rings. The molecule has 0 spiro atoms. The molecule has 3 rings (SSSR count). The van der Waals surface area contributed by atoms with Gasteiger partial charge in [-0.3, -0.25) is 9.69 Å². The van der Waals surface area contributed by atoms with Crippen LogP contribution in [-0.2, 0) is 0 Å². The Kier molecular flexibility index (Phi) is 5.87. The summed E-state index contributed by atoms with van der Waals surface area (Å²) in [6.07, 6.45) is 3.80. The lowest BCUT2D eigenvalue weighted by molar-refractivity contribution is 0.0924. The zero-order valence-electron chi connectivity index (χ0n) is 15.3. The van der Waals surface area contributed by atoms with E-state index in [9.17, 15) is 4.79 Å². The number of aryl methyl sites for hydroxylation is 2. The van der Waals surface area contributed by atoms with Gasteiger partial charge in [0, 0.05) is 12.1 Å². The number of benzene rings is 2. The van der Waals surface area contributed by atoms with Crippen LogP contribution in [0.4, 0.5) is 0 Å². The van der Waals surface area contributed by atoms with Crippen LogP contribution in [0.5, 0.6) is 0 Å². The second-order valence-electron chi connectivity index (χ2n) is 7.05. The van der Waals surface area contributed by atoms with Gasteiger partial charge in [-0.25, -0.2) is 0 Å². The van der Waals surface area contributed by atoms with E-state index >= 15 is 0 Å². The van der Waals surface area contributed by atoms with Gasteiger partial charge < -0.3 is 5.32 Å². The minimum Gasteiger partial charge on any atom is -0.350 e. The van der Waals surface area contributed by atoms with Crippen molar-refractivity contribution in [2.24, 2.45) is 0 Å². The zero-order valence-corrected chi connectivity index (χ0v) is 15.3. The van der Waals surface area contributed by atoms with Crippen molar-refractivity contribution in [1.29, 1.82) is 0 Å². The van der Waals surface area contributed by atoms with Gasteiger partial charge in [0.1, 0.15) is 0 Å². The van der Waals surface area contributed by atoms with E-state index in [1.165, 1.54) is 30.4 Å².